The molecule has 126 valence electrons. The van der Waals surface area contributed by atoms with Gasteiger partial charge in [-0.05, 0) is 25.0 Å². The molecule has 0 atom stereocenters. The second-order valence-electron chi connectivity index (χ2n) is 5.27. The molecule has 0 bridgehead atoms. The predicted molar refractivity (Wildman–Crippen MR) is 92.0 cm³/mol. The quantitative estimate of drug-likeness (QED) is 0.463. The summed E-state index contributed by atoms with van der Waals surface area (Å²) >= 11 is 0. The second-order valence-corrected chi connectivity index (χ2v) is 5.27. The highest BCUT2D eigenvalue weighted by Gasteiger charge is 2.24. The Morgan fingerprint density at radius 1 is 1.54 bits per heavy atom. The molecule has 1 aliphatic rings. The molecular formula is C16H20N6O2. The van der Waals surface area contributed by atoms with Crippen molar-refractivity contribution in [2.45, 2.75) is 19.4 Å². The van der Waals surface area contributed by atoms with Crippen molar-refractivity contribution >= 4 is 23.8 Å². The highest BCUT2D eigenvalue weighted by atomic mass is 16.5. The Hall–Kier alpha value is -3.16. The summed E-state index contributed by atoms with van der Waals surface area (Å²) in [7, 11) is 0. The summed E-state index contributed by atoms with van der Waals surface area (Å²) in [5.41, 5.74) is 13.3. The van der Waals surface area contributed by atoms with Crippen molar-refractivity contribution in [3.05, 3.63) is 48.1 Å². The third-order valence-electron chi connectivity index (χ3n) is 3.29. The number of nitrogens with two attached hydrogens (primary N) is 2. The van der Waals surface area contributed by atoms with Gasteiger partial charge in [-0.1, -0.05) is 12.6 Å². The van der Waals surface area contributed by atoms with Gasteiger partial charge in [0.05, 0.1) is 11.4 Å². The SMILES string of the molecule is C=C(/N=C\C(=C/N)c1cccc(COC(=O)NC(=N)N)n1)C1CC1. The van der Waals surface area contributed by atoms with Crippen molar-refractivity contribution in [1.29, 1.82) is 5.41 Å². The molecule has 0 spiro atoms. The molecule has 8 heteroatoms. The number of rotatable bonds is 6. The van der Waals surface area contributed by atoms with Crippen LogP contribution in [0.4, 0.5) is 4.79 Å². The van der Waals surface area contributed by atoms with Gasteiger partial charge in [-0.15, -0.1) is 0 Å². The van der Waals surface area contributed by atoms with Crippen LogP contribution in [0.1, 0.15) is 24.2 Å². The van der Waals surface area contributed by atoms with E-state index in [2.05, 4.69) is 16.6 Å². The van der Waals surface area contributed by atoms with E-state index in [4.69, 9.17) is 21.6 Å². The minimum atomic E-state index is -0.813. The molecule has 1 amide bonds. The van der Waals surface area contributed by atoms with Crippen molar-refractivity contribution in [1.82, 2.24) is 10.3 Å². The van der Waals surface area contributed by atoms with E-state index in [1.54, 1.807) is 24.4 Å². The molecule has 0 aliphatic heterocycles. The lowest BCUT2D eigenvalue weighted by molar-refractivity contribution is 0.143. The number of carbonyl (C=O) groups excluding carboxylic acids is 1. The summed E-state index contributed by atoms with van der Waals surface area (Å²) < 4.78 is 4.91. The first-order valence-corrected chi connectivity index (χ1v) is 7.38. The number of pyridine rings is 1. The normalized spacial score (nSPS) is 14.4. The van der Waals surface area contributed by atoms with Crippen molar-refractivity contribution in [3.63, 3.8) is 0 Å². The number of hydrogen-bond acceptors (Lipinski definition) is 6. The zero-order chi connectivity index (χ0) is 17.5. The third kappa shape index (κ3) is 5.24. The number of allylic oxidation sites excluding steroid dienone is 2. The average molecular weight is 328 g/mol. The van der Waals surface area contributed by atoms with Crippen LogP contribution in [0.3, 0.4) is 0 Å². The van der Waals surface area contributed by atoms with Gasteiger partial charge < -0.3 is 16.2 Å². The Balaban J connectivity index is 2.00. The standard InChI is InChI=1S/C16H20N6O2/c1-10(11-5-6-11)20-8-12(7-17)14-4-2-3-13(21-14)9-24-16(23)22-15(18)19/h2-4,7-8,11H,1,5-6,9,17H2,(H4,18,19,22,23)/b12-7+,20-8-. The van der Waals surface area contributed by atoms with Gasteiger partial charge in [0.2, 0.25) is 0 Å². The van der Waals surface area contributed by atoms with E-state index in [-0.39, 0.29) is 6.61 Å². The molecule has 6 N–H and O–H groups in total. The molecule has 1 aromatic heterocycles. The second kappa shape index (κ2) is 7.91. The van der Waals surface area contributed by atoms with Gasteiger partial charge in [-0.3, -0.25) is 15.7 Å². The molecular weight excluding hydrogens is 308 g/mol. The highest BCUT2D eigenvalue weighted by Crippen LogP contribution is 2.36. The van der Waals surface area contributed by atoms with Gasteiger partial charge in [-0.25, -0.2) is 9.78 Å². The maximum Gasteiger partial charge on any atom is 0.414 e. The fourth-order valence-electron chi connectivity index (χ4n) is 1.88. The van der Waals surface area contributed by atoms with E-state index in [9.17, 15) is 4.79 Å². The van der Waals surface area contributed by atoms with Gasteiger partial charge in [-0.2, -0.15) is 0 Å². The number of hydrogen-bond donors (Lipinski definition) is 4. The lowest BCUT2D eigenvalue weighted by atomic mass is 10.2. The first kappa shape index (κ1) is 17.2. The fourth-order valence-corrected chi connectivity index (χ4v) is 1.88. The summed E-state index contributed by atoms with van der Waals surface area (Å²) in [5, 5.41) is 8.97. The zero-order valence-electron chi connectivity index (χ0n) is 13.2. The van der Waals surface area contributed by atoms with Gasteiger partial charge >= 0.3 is 6.09 Å². The summed E-state index contributed by atoms with van der Waals surface area (Å²) in [6.45, 7) is 3.87. The molecule has 0 saturated heterocycles. The van der Waals surface area contributed by atoms with Crippen molar-refractivity contribution < 1.29 is 9.53 Å². The van der Waals surface area contributed by atoms with Crippen LogP contribution in [0.2, 0.25) is 0 Å². The summed E-state index contributed by atoms with van der Waals surface area (Å²) in [5.74, 6) is -0.00470. The Morgan fingerprint density at radius 2 is 2.29 bits per heavy atom. The molecule has 0 radical (unpaired) electrons. The third-order valence-corrected chi connectivity index (χ3v) is 3.29. The van der Waals surface area contributed by atoms with Gasteiger partial charge in [0.15, 0.2) is 5.96 Å². The molecule has 1 aromatic rings. The fraction of sp³-hybridized carbons (Fsp3) is 0.250. The molecule has 0 unspecified atom stereocenters. The summed E-state index contributed by atoms with van der Waals surface area (Å²) in [6, 6.07) is 5.26. The molecule has 1 fully saturated rings. The van der Waals surface area contributed by atoms with E-state index < -0.39 is 12.1 Å². The maximum absolute atomic E-state index is 11.3. The maximum atomic E-state index is 11.3. The van der Waals surface area contributed by atoms with E-state index >= 15 is 0 Å². The van der Waals surface area contributed by atoms with Crippen LogP contribution in [0.25, 0.3) is 5.57 Å². The number of guanidine groups is 1. The number of aliphatic imine (C=N–C) groups is 1. The van der Waals surface area contributed by atoms with E-state index in [0.29, 0.717) is 22.9 Å². The van der Waals surface area contributed by atoms with Gasteiger partial charge in [0.1, 0.15) is 6.61 Å². The zero-order valence-corrected chi connectivity index (χ0v) is 13.2. The summed E-state index contributed by atoms with van der Waals surface area (Å²) in [4.78, 5) is 20.0. The van der Waals surface area contributed by atoms with Crippen LogP contribution in [0, 0.1) is 11.3 Å². The molecule has 2 rings (SSSR count). The van der Waals surface area contributed by atoms with Crippen LogP contribution < -0.4 is 16.8 Å². The van der Waals surface area contributed by atoms with Crippen LogP contribution in [-0.4, -0.2) is 23.3 Å². The minimum Gasteiger partial charge on any atom is -0.443 e. The van der Waals surface area contributed by atoms with Crippen LogP contribution in [-0.2, 0) is 11.3 Å². The van der Waals surface area contributed by atoms with E-state index in [1.165, 1.54) is 6.20 Å². The van der Waals surface area contributed by atoms with Crippen LogP contribution in [0.15, 0.2) is 41.7 Å². The lowest BCUT2D eigenvalue weighted by Gasteiger charge is -2.07. The van der Waals surface area contributed by atoms with Crippen molar-refractivity contribution in [2.75, 3.05) is 0 Å². The number of alkyl carbamates (subject to hydrolysis) is 1. The minimum absolute atomic E-state index is 0.0588. The van der Waals surface area contributed by atoms with E-state index in [1.807, 2.05) is 5.32 Å². The number of amides is 1. The van der Waals surface area contributed by atoms with Crippen LogP contribution in [0.5, 0.6) is 0 Å². The first-order chi connectivity index (χ1) is 11.5. The average Bonchev–Trinajstić information content (AvgIpc) is 3.38. The molecule has 24 heavy (non-hydrogen) atoms. The highest BCUT2D eigenvalue weighted by molar-refractivity contribution is 6.09. The number of nitrogens with one attached hydrogen (secondary N) is 2. The largest absolute Gasteiger partial charge is 0.443 e. The van der Waals surface area contributed by atoms with Crippen molar-refractivity contribution in [3.8, 4) is 0 Å². The number of aromatic nitrogens is 1. The monoisotopic (exact) mass is 328 g/mol. The number of nitrogens with zero attached hydrogens (tertiary/aromatic N) is 2. The van der Waals surface area contributed by atoms with Gasteiger partial charge in [0, 0.05) is 29.6 Å². The Bertz CT molecular complexity index is 706. The Kier molecular flexibility index (Phi) is 5.67. The van der Waals surface area contributed by atoms with Crippen molar-refractivity contribution in [2.24, 2.45) is 22.4 Å². The molecule has 0 aromatic carbocycles. The number of carbonyl (C=O) groups is 1. The van der Waals surface area contributed by atoms with Crippen LogP contribution >= 0.6 is 0 Å². The lowest BCUT2D eigenvalue weighted by Crippen LogP contribution is -2.36. The predicted octanol–water partition coefficient (Wildman–Crippen LogP) is 1.50. The molecule has 1 aliphatic carbocycles. The molecule has 1 heterocycles. The smallest absolute Gasteiger partial charge is 0.414 e. The first-order valence-electron chi connectivity index (χ1n) is 7.38. The number of ether oxygens (including phenoxy) is 1. The van der Waals surface area contributed by atoms with Gasteiger partial charge in [0.25, 0.3) is 0 Å². The summed E-state index contributed by atoms with van der Waals surface area (Å²) in [6.07, 6.45) is 4.50. The Morgan fingerprint density at radius 3 is 2.92 bits per heavy atom. The molecule has 1 saturated carbocycles. The van der Waals surface area contributed by atoms with E-state index in [0.717, 1.165) is 18.5 Å². The molecule has 8 nitrogen and oxygen atoms in total. The Labute approximate surface area is 139 Å². The topological polar surface area (TPSA) is 139 Å².